The van der Waals surface area contributed by atoms with Crippen molar-refractivity contribution in [3.05, 3.63) is 52.3 Å². The normalized spacial score (nSPS) is 21.2. The molecule has 1 aromatic carbocycles. The van der Waals surface area contributed by atoms with Crippen LogP contribution in [0, 0.1) is 23.7 Å². The Balaban J connectivity index is 1.32. The topological polar surface area (TPSA) is 115 Å². The Morgan fingerprint density at radius 3 is 2.76 bits per heavy atom. The zero-order valence-electron chi connectivity index (χ0n) is 21.7. The fraction of sp³-hybridized carbons (Fsp3) is 0.481. The van der Waals surface area contributed by atoms with Gasteiger partial charge in [-0.1, -0.05) is 23.7 Å². The summed E-state index contributed by atoms with van der Waals surface area (Å²) in [5.74, 6) is 0.376. The predicted octanol–water partition coefficient (Wildman–Crippen LogP) is 5.17. The van der Waals surface area contributed by atoms with Crippen LogP contribution in [0.4, 0.5) is 10.6 Å². The summed E-state index contributed by atoms with van der Waals surface area (Å²) in [6.45, 7) is 9.46. The molecule has 1 saturated carbocycles. The van der Waals surface area contributed by atoms with Crippen LogP contribution in [0.3, 0.4) is 0 Å². The summed E-state index contributed by atoms with van der Waals surface area (Å²) in [4.78, 5) is 14.3. The van der Waals surface area contributed by atoms with Crippen LogP contribution in [0.1, 0.15) is 62.9 Å². The second kappa shape index (κ2) is 9.10. The largest absolute Gasteiger partial charge is 0.444 e. The van der Waals surface area contributed by atoms with Crippen molar-refractivity contribution in [2.45, 2.75) is 65.1 Å². The number of amides is 1. The number of aryl methyl sites for hydroxylation is 1. The minimum Gasteiger partial charge on any atom is -0.444 e. The molecule has 0 radical (unpaired) electrons. The van der Waals surface area contributed by atoms with E-state index in [1.54, 1.807) is 9.58 Å². The number of hydrogen-bond acceptors (Lipinski definition) is 6. The molecule has 5 rings (SSSR count). The first-order valence-corrected chi connectivity index (χ1v) is 12.9. The number of carbonyl (C=O) groups excluding carboxylic acids is 1. The summed E-state index contributed by atoms with van der Waals surface area (Å²) >= 11 is 6.13. The molecule has 0 bridgehead atoms. The Bertz CT molecular complexity index is 1390. The summed E-state index contributed by atoms with van der Waals surface area (Å²) in [5, 5.41) is 20.0. The highest BCUT2D eigenvalue weighted by atomic mass is 35.5. The lowest BCUT2D eigenvalue weighted by Crippen LogP contribution is -2.43. The molecule has 1 amide bonds. The first-order valence-electron chi connectivity index (χ1n) is 12.5. The number of benzene rings is 1. The number of carbonyl (C=O) groups is 1. The molecule has 2 fully saturated rings. The average Bonchev–Trinajstić information content (AvgIpc) is 3.47. The molecule has 1 saturated heterocycles. The number of rotatable bonds is 4. The Hall–Kier alpha value is -3.51. The van der Waals surface area contributed by atoms with Gasteiger partial charge in [-0.15, -0.1) is 0 Å². The summed E-state index contributed by atoms with van der Waals surface area (Å²) < 4.78 is 9.17. The summed E-state index contributed by atoms with van der Waals surface area (Å²) in [6, 6.07) is 9.99. The van der Waals surface area contributed by atoms with Crippen molar-refractivity contribution in [1.82, 2.24) is 24.5 Å². The lowest BCUT2D eigenvalue weighted by molar-refractivity contribution is 0.0188. The van der Waals surface area contributed by atoms with Gasteiger partial charge in [0.25, 0.3) is 0 Å². The van der Waals surface area contributed by atoms with E-state index in [1.165, 1.54) is 0 Å². The van der Waals surface area contributed by atoms with Gasteiger partial charge in [0.15, 0.2) is 0 Å². The Kier molecular flexibility index (Phi) is 6.19. The van der Waals surface area contributed by atoms with Crippen molar-refractivity contribution < 1.29 is 9.53 Å². The van der Waals surface area contributed by atoms with Crippen molar-refractivity contribution in [2.75, 3.05) is 18.8 Å². The molecule has 2 aromatic heterocycles. The summed E-state index contributed by atoms with van der Waals surface area (Å²) in [6.07, 6.45) is 4.29. The quantitative estimate of drug-likeness (QED) is 0.506. The molecule has 10 heteroatoms. The van der Waals surface area contributed by atoms with Gasteiger partial charge in [-0.25, -0.2) is 9.48 Å². The molecule has 2 N–H and O–H groups in total. The molecule has 1 aliphatic heterocycles. The lowest BCUT2D eigenvalue weighted by atomic mass is 9.65. The van der Waals surface area contributed by atoms with Gasteiger partial charge in [0.1, 0.15) is 28.7 Å². The smallest absolute Gasteiger partial charge is 0.410 e. The van der Waals surface area contributed by atoms with Gasteiger partial charge in [0.2, 0.25) is 0 Å². The summed E-state index contributed by atoms with van der Waals surface area (Å²) in [5.41, 5.74) is 9.49. The van der Waals surface area contributed by atoms with Gasteiger partial charge < -0.3 is 15.4 Å². The fourth-order valence-electron chi connectivity index (χ4n) is 5.54. The molecular weight excluding hydrogens is 490 g/mol. The van der Waals surface area contributed by atoms with Crippen LogP contribution >= 0.6 is 11.6 Å². The molecule has 1 aliphatic carbocycles. The number of likely N-dealkylation sites (tertiary alicyclic amines) is 1. The minimum atomic E-state index is -0.511. The van der Waals surface area contributed by atoms with Crippen molar-refractivity contribution in [3.63, 3.8) is 0 Å². The van der Waals surface area contributed by atoms with E-state index in [0.717, 1.165) is 36.1 Å². The van der Waals surface area contributed by atoms with Gasteiger partial charge >= 0.3 is 6.09 Å². The van der Waals surface area contributed by atoms with Gasteiger partial charge in [0.05, 0.1) is 18.3 Å². The maximum absolute atomic E-state index is 12.5. The van der Waals surface area contributed by atoms with Gasteiger partial charge in [-0.2, -0.15) is 15.5 Å². The maximum Gasteiger partial charge on any atom is 0.410 e. The van der Waals surface area contributed by atoms with E-state index in [9.17, 15) is 10.1 Å². The van der Waals surface area contributed by atoms with Crippen molar-refractivity contribution >= 4 is 23.5 Å². The van der Waals surface area contributed by atoms with E-state index in [0.29, 0.717) is 41.7 Å². The number of aromatic nitrogens is 4. The number of halogens is 1. The zero-order chi connectivity index (χ0) is 26.5. The van der Waals surface area contributed by atoms with Crippen molar-refractivity contribution in [2.24, 2.45) is 5.41 Å². The third kappa shape index (κ3) is 4.90. The molecule has 9 nitrogen and oxygen atoms in total. The highest BCUT2D eigenvalue weighted by Gasteiger charge is 2.51. The van der Waals surface area contributed by atoms with Gasteiger partial charge in [-0.3, -0.25) is 4.68 Å². The number of anilines is 1. The summed E-state index contributed by atoms with van der Waals surface area (Å²) in [7, 11) is 0. The Labute approximate surface area is 221 Å². The van der Waals surface area contributed by atoms with Crippen molar-refractivity contribution in [1.29, 1.82) is 5.26 Å². The number of ether oxygens (including phenoxy) is 1. The van der Waals surface area contributed by atoms with E-state index in [2.05, 4.69) is 11.2 Å². The van der Waals surface area contributed by atoms with Gasteiger partial charge in [-0.05, 0) is 70.1 Å². The maximum atomic E-state index is 12.5. The fourth-order valence-corrected chi connectivity index (χ4v) is 5.75. The predicted molar refractivity (Wildman–Crippen MR) is 141 cm³/mol. The molecule has 3 aromatic rings. The zero-order valence-corrected chi connectivity index (χ0v) is 22.4. The molecule has 0 atom stereocenters. The first-order chi connectivity index (χ1) is 17.5. The Morgan fingerprint density at radius 1 is 1.32 bits per heavy atom. The van der Waals surface area contributed by atoms with Crippen molar-refractivity contribution in [3.8, 4) is 17.3 Å². The molecule has 194 valence electrons. The molecule has 3 heterocycles. The number of nitrogens with two attached hydrogens (primary N) is 1. The number of nitrogen functional groups attached to an aromatic ring is 1. The van der Waals surface area contributed by atoms with E-state index in [1.807, 2.05) is 62.8 Å². The highest BCUT2D eigenvalue weighted by Crippen LogP contribution is 2.55. The molecule has 1 spiro atoms. The highest BCUT2D eigenvalue weighted by molar-refractivity contribution is 6.30. The standard InChI is InChI=1S/C27H32ClN7O2/c1-17-22(15-34(31-17)14-18-6-5-7-19(28)10-18)23-21(13-29)24(30)35(32-23)20-11-27(12-20)8-9-33(16-27)25(36)37-26(2,3)4/h5-7,10,15,20H,8-9,11-12,14,16,30H2,1-4H3/t20-,27-. The second-order valence-electron chi connectivity index (χ2n) is 11.3. The Morgan fingerprint density at radius 2 is 2.08 bits per heavy atom. The monoisotopic (exact) mass is 521 g/mol. The first kappa shape index (κ1) is 25.2. The third-order valence-electron chi connectivity index (χ3n) is 7.27. The SMILES string of the molecule is Cc1nn(Cc2cccc(Cl)c2)cc1-c1nn([C@H]2C[C@@]3(CCN(C(=O)OC(C)(C)C)C3)C2)c(N)c1C#N. The molecule has 37 heavy (non-hydrogen) atoms. The average molecular weight is 522 g/mol. The van der Waals surface area contributed by atoms with Crippen LogP contribution in [-0.4, -0.2) is 49.2 Å². The van der Waals surface area contributed by atoms with Crippen LogP contribution in [-0.2, 0) is 11.3 Å². The lowest BCUT2D eigenvalue weighted by Gasteiger charge is -2.45. The number of nitriles is 1. The van der Waals surface area contributed by atoms with E-state index in [-0.39, 0.29) is 17.6 Å². The van der Waals surface area contributed by atoms with E-state index in [4.69, 9.17) is 27.2 Å². The number of nitrogens with zero attached hydrogens (tertiary/aromatic N) is 6. The third-order valence-corrected chi connectivity index (χ3v) is 7.50. The van der Waals surface area contributed by atoms with E-state index < -0.39 is 5.60 Å². The molecule has 2 aliphatic rings. The van der Waals surface area contributed by atoms with Crippen LogP contribution < -0.4 is 5.73 Å². The van der Waals surface area contributed by atoms with Crippen LogP contribution in [0.15, 0.2) is 30.5 Å². The van der Waals surface area contributed by atoms with Gasteiger partial charge in [0, 0.05) is 29.9 Å². The van der Waals surface area contributed by atoms with Crippen LogP contribution in [0.5, 0.6) is 0 Å². The minimum absolute atomic E-state index is 0.0463. The number of hydrogen-bond donors (Lipinski definition) is 1. The second-order valence-corrected chi connectivity index (χ2v) is 11.8. The van der Waals surface area contributed by atoms with Crippen LogP contribution in [0.25, 0.3) is 11.3 Å². The molecule has 0 unspecified atom stereocenters. The van der Waals surface area contributed by atoms with Crippen LogP contribution in [0.2, 0.25) is 5.02 Å². The van der Waals surface area contributed by atoms with E-state index >= 15 is 0 Å². The molecular formula is C27H32ClN7O2.